The molecular formula is C14H29N3O. The van der Waals surface area contributed by atoms with E-state index in [1.165, 1.54) is 19.3 Å². The first kappa shape index (κ1) is 15.3. The minimum atomic E-state index is -0.242. The molecule has 0 spiro atoms. The van der Waals surface area contributed by atoms with Crippen LogP contribution >= 0.6 is 0 Å². The second kappa shape index (κ2) is 6.41. The maximum Gasteiger partial charge on any atom is 0.144 e. The Morgan fingerprint density at radius 3 is 2.61 bits per heavy atom. The van der Waals surface area contributed by atoms with Gasteiger partial charge >= 0.3 is 0 Å². The molecule has 1 rings (SSSR count). The van der Waals surface area contributed by atoms with Crippen molar-refractivity contribution in [1.29, 1.82) is 0 Å². The third-order valence-electron chi connectivity index (χ3n) is 4.71. The van der Waals surface area contributed by atoms with Crippen molar-refractivity contribution in [3.8, 4) is 0 Å². The van der Waals surface area contributed by atoms with Crippen LogP contribution in [-0.2, 0) is 0 Å². The minimum Gasteiger partial charge on any atom is -0.409 e. The number of amidine groups is 1. The molecule has 0 amide bonds. The summed E-state index contributed by atoms with van der Waals surface area (Å²) in [5, 5.41) is 15.5. The summed E-state index contributed by atoms with van der Waals surface area (Å²) in [6.07, 6.45) is 4.81. The zero-order valence-electron chi connectivity index (χ0n) is 12.2. The summed E-state index contributed by atoms with van der Waals surface area (Å²) in [5.74, 6) is 1.96. The summed E-state index contributed by atoms with van der Waals surface area (Å²) < 4.78 is 0. The van der Waals surface area contributed by atoms with Crippen molar-refractivity contribution in [3.05, 3.63) is 0 Å². The predicted octanol–water partition coefficient (Wildman–Crippen LogP) is 2.56. The molecule has 1 aliphatic carbocycles. The number of hydrogen-bond acceptors (Lipinski definition) is 3. The van der Waals surface area contributed by atoms with Crippen LogP contribution in [-0.4, -0.2) is 23.6 Å². The standard InChI is InChI=1S/C14H29N3O/c1-5-11-6-7-12(10(11)2)16-9-8-14(3,4)13(15)17-18/h10-12,16,18H,5-9H2,1-4H3,(H2,15,17). The van der Waals surface area contributed by atoms with Crippen LogP contribution in [0.25, 0.3) is 0 Å². The van der Waals surface area contributed by atoms with Gasteiger partial charge in [0.05, 0.1) is 0 Å². The molecule has 1 fully saturated rings. The summed E-state index contributed by atoms with van der Waals surface area (Å²) in [7, 11) is 0. The van der Waals surface area contributed by atoms with Gasteiger partial charge in [-0.15, -0.1) is 0 Å². The van der Waals surface area contributed by atoms with Crippen LogP contribution in [0.2, 0.25) is 0 Å². The quantitative estimate of drug-likeness (QED) is 0.296. The third kappa shape index (κ3) is 3.61. The molecule has 0 heterocycles. The topological polar surface area (TPSA) is 70.6 Å². The fraction of sp³-hybridized carbons (Fsp3) is 0.929. The Bertz CT molecular complexity index is 289. The molecular weight excluding hydrogens is 226 g/mol. The second-order valence-corrected chi connectivity index (χ2v) is 6.28. The Morgan fingerprint density at radius 1 is 1.44 bits per heavy atom. The van der Waals surface area contributed by atoms with Crippen LogP contribution in [0, 0.1) is 17.3 Å². The summed E-state index contributed by atoms with van der Waals surface area (Å²) in [6, 6.07) is 0.637. The summed E-state index contributed by atoms with van der Waals surface area (Å²) in [4.78, 5) is 0. The SMILES string of the molecule is CCC1CCC(NCCC(C)(C)C(N)=NO)C1C. The molecule has 0 radical (unpaired) electrons. The lowest BCUT2D eigenvalue weighted by Crippen LogP contribution is -2.38. The predicted molar refractivity (Wildman–Crippen MR) is 75.8 cm³/mol. The summed E-state index contributed by atoms with van der Waals surface area (Å²) >= 11 is 0. The van der Waals surface area contributed by atoms with Gasteiger partial charge < -0.3 is 16.3 Å². The van der Waals surface area contributed by atoms with Gasteiger partial charge in [0.15, 0.2) is 0 Å². The molecule has 1 saturated carbocycles. The minimum absolute atomic E-state index is 0.242. The molecule has 3 unspecified atom stereocenters. The van der Waals surface area contributed by atoms with E-state index in [0.29, 0.717) is 11.9 Å². The maximum absolute atomic E-state index is 8.73. The monoisotopic (exact) mass is 255 g/mol. The van der Waals surface area contributed by atoms with Crippen molar-refractivity contribution in [2.45, 2.75) is 59.4 Å². The molecule has 4 N–H and O–H groups in total. The van der Waals surface area contributed by atoms with Crippen LogP contribution in [0.1, 0.15) is 53.4 Å². The van der Waals surface area contributed by atoms with Gasteiger partial charge in [0.2, 0.25) is 0 Å². The van der Waals surface area contributed by atoms with Gasteiger partial charge in [0.25, 0.3) is 0 Å². The maximum atomic E-state index is 8.73. The molecule has 106 valence electrons. The molecule has 0 aromatic heterocycles. The number of nitrogens with zero attached hydrogens (tertiary/aromatic N) is 1. The lowest BCUT2D eigenvalue weighted by molar-refractivity contribution is 0.300. The largest absolute Gasteiger partial charge is 0.409 e. The first-order valence-corrected chi connectivity index (χ1v) is 7.13. The van der Waals surface area contributed by atoms with E-state index < -0.39 is 0 Å². The molecule has 0 aliphatic heterocycles. The average Bonchev–Trinajstić information content (AvgIpc) is 2.69. The Labute approximate surface area is 111 Å². The van der Waals surface area contributed by atoms with Gasteiger partial charge in [-0.3, -0.25) is 0 Å². The molecule has 4 heteroatoms. The average molecular weight is 255 g/mol. The van der Waals surface area contributed by atoms with Gasteiger partial charge in [0, 0.05) is 11.5 Å². The molecule has 0 saturated heterocycles. The van der Waals surface area contributed by atoms with E-state index in [9.17, 15) is 0 Å². The van der Waals surface area contributed by atoms with E-state index >= 15 is 0 Å². The Morgan fingerprint density at radius 2 is 2.11 bits per heavy atom. The van der Waals surface area contributed by atoms with Crippen molar-refractivity contribution >= 4 is 5.84 Å². The highest BCUT2D eigenvalue weighted by Gasteiger charge is 2.31. The van der Waals surface area contributed by atoms with Crippen LogP contribution in [0.4, 0.5) is 0 Å². The zero-order chi connectivity index (χ0) is 13.8. The Hall–Kier alpha value is -0.770. The number of nitrogens with one attached hydrogen (secondary N) is 1. The van der Waals surface area contributed by atoms with E-state index in [1.54, 1.807) is 0 Å². The van der Waals surface area contributed by atoms with Crippen LogP contribution in [0.5, 0.6) is 0 Å². The van der Waals surface area contributed by atoms with E-state index in [1.807, 2.05) is 13.8 Å². The molecule has 18 heavy (non-hydrogen) atoms. The highest BCUT2D eigenvalue weighted by Crippen LogP contribution is 2.34. The van der Waals surface area contributed by atoms with Gasteiger partial charge in [0.1, 0.15) is 5.84 Å². The lowest BCUT2D eigenvalue weighted by Gasteiger charge is -2.26. The zero-order valence-corrected chi connectivity index (χ0v) is 12.2. The van der Waals surface area contributed by atoms with Gasteiger partial charge in [-0.25, -0.2) is 0 Å². The molecule has 3 atom stereocenters. The number of rotatable bonds is 6. The molecule has 0 bridgehead atoms. The van der Waals surface area contributed by atoms with Crippen molar-refractivity contribution in [2.24, 2.45) is 28.1 Å². The van der Waals surface area contributed by atoms with Crippen molar-refractivity contribution < 1.29 is 5.21 Å². The normalized spacial score (nSPS) is 29.8. The third-order valence-corrected chi connectivity index (χ3v) is 4.71. The fourth-order valence-electron chi connectivity index (χ4n) is 2.95. The Balaban J connectivity index is 2.35. The van der Waals surface area contributed by atoms with Gasteiger partial charge in [-0.05, 0) is 37.6 Å². The van der Waals surface area contributed by atoms with Crippen LogP contribution in [0.15, 0.2) is 5.16 Å². The molecule has 1 aliphatic rings. The first-order chi connectivity index (χ1) is 8.42. The molecule has 0 aromatic carbocycles. The van der Waals surface area contributed by atoms with Crippen LogP contribution in [0.3, 0.4) is 0 Å². The van der Waals surface area contributed by atoms with E-state index in [4.69, 9.17) is 10.9 Å². The molecule has 0 aromatic rings. The number of oxime groups is 1. The smallest absolute Gasteiger partial charge is 0.144 e. The van der Waals surface area contributed by atoms with Crippen LogP contribution < -0.4 is 11.1 Å². The van der Waals surface area contributed by atoms with E-state index in [-0.39, 0.29) is 5.41 Å². The van der Waals surface area contributed by atoms with Crippen molar-refractivity contribution in [1.82, 2.24) is 5.32 Å². The first-order valence-electron chi connectivity index (χ1n) is 7.13. The van der Waals surface area contributed by atoms with E-state index in [0.717, 1.165) is 24.8 Å². The Kier molecular flexibility index (Phi) is 5.45. The summed E-state index contributed by atoms with van der Waals surface area (Å²) in [5.41, 5.74) is 5.45. The summed E-state index contributed by atoms with van der Waals surface area (Å²) in [6.45, 7) is 9.58. The second-order valence-electron chi connectivity index (χ2n) is 6.28. The van der Waals surface area contributed by atoms with Gasteiger partial charge in [-0.2, -0.15) is 0 Å². The number of hydrogen-bond donors (Lipinski definition) is 3. The molecule has 4 nitrogen and oxygen atoms in total. The van der Waals surface area contributed by atoms with Gasteiger partial charge in [-0.1, -0.05) is 39.3 Å². The number of nitrogens with two attached hydrogens (primary N) is 1. The lowest BCUT2D eigenvalue weighted by atomic mass is 9.87. The fourth-order valence-corrected chi connectivity index (χ4v) is 2.95. The van der Waals surface area contributed by atoms with E-state index in [2.05, 4.69) is 24.3 Å². The van der Waals surface area contributed by atoms with Crippen molar-refractivity contribution in [2.75, 3.05) is 6.54 Å². The highest BCUT2D eigenvalue weighted by atomic mass is 16.4. The highest BCUT2D eigenvalue weighted by molar-refractivity contribution is 5.85. The van der Waals surface area contributed by atoms with Crippen molar-refractivity contribution in [3.63, 3.8) is 0 Å².